The van der Waals surface area contributed by atoms with Crippen LogP contribution in [0.1, 0.15) is 37.3 Å². The van der Waals surface area contributed by atoms with E-state index in [0.29, 0.717) is 31.4 Å². The quantitative estimate of drug-likeness (QED) is 0.778. The van der Waals surface area contributed by atoms with E-state index in [1.54, 1.807) is 11.0 Å². The number of aliphatic hydroxyl groups is 1. The van der Waals surface area contributed by atoms with E-state index in [9.17, 15) is 9.18 Å². The average molecular weight is 278 g/mol. The van der Waals surface area contributed by atoms with E-state index in [-0.39, 0.29) is 24.6 Å². The summed E-state index contributed by atoms with van der Waals surface area (Å²) in [5.41, 5.74) is 0.671. The molecule has 0 unspecified atom stereocenters. The molecule has 0 aliphatic rings. The third-order valence-electron chi connectivity index (χ3n) is 3.08. The van der Waals surface area contributed by atoms with Gasteiger partial charge in [0, 0.05) is 31.7 Å². The first-order valence-corrected chi connectivity index (χ1v) is 6.69. The van der Waals surface area contributed by atoms with Gasteiger partial charge in [-0.3, -0.25) is 4.79 Å². The number of amides is 1. The van der Waals surface area contributed by atoms with Crippen molar-refractivity contribution >= 4 is 5.91 Å². The molecule has 0 fully saturated rings. The Morgan fingerprint density at radius 3 is 2.75 bits per heavy atom. The van der Waals surface area contributed by atoms with Crippen LogP contribution in [0.2, 0.25) is 0 Å². The SMILES string of the molecule is CCN(Cc1ccc(C#N)cc1F)C(=O)CCCCO. The van der Waals surface area contributed by atoms with Gasteiger partial charge >= 0.3 is 0 Å². The Labute approximate surface area is 118 Å². The zero-order valence-electron chi connectivity index (χ0n) is 11.6. The topological polar surface area (TPSA) is 64.3 Å². The summed E-state index contributed by atoms with van der Waals surface area (Å²) in [5.74, 6) is -0.518. The smallest absolute Gasteiger partial charge is 0.222 e. The zero-order valence-corrected chi connectivity index (χ0v) is 11.6. The second kappa shape index (κ2) is 8.28. The summed E-state index contributed by atoms with van der Waals surface area (Å²) in [4.78, 5) is 13.5. The predicted molar refractivity (Wildman–Crippen MR) is 73.1 cm³/mol. The Morgan fingerprint density at radius 2 is 2.20 bits per heavy atom. The summed E-state index contributed by atoms with van der Waals surface area (Å²) < 4.78 is 13.8. The van der Waals surface area contributed by atoms with E-state index in [0.717, 1.165) is 0 Å². The second-order valence-corrected chi connectivity index (χ2v) is 4.51. The van der Waals surface area contributed by atoms with Gasteiger partial charge in [0.25, 0.3) is 0 Å². The number of nitrogens with zero attached hydrogens (tertiary/aromatic N) is 2. The summed E-state index contributed by atoms with van der Waals surface area (Å²) in [6.45, 7) is 2.61. The number of aliphatic hydroxyl groups excluding tert-OH is 1. The van der Waals surface area contributed by atoms with Crippen molar-refractivity contribution in [2.45, 2.75) is 32.7 Å². The molecule has 4 nitrogen and oxygen atoms in total. The maximum absolute atomic E-state index is 13.8. The number of halogens is 1. The summed E-state index contributed by atoms with van der Waals surface area (Å²) in [5, 5.41) is 17.4. The van der Waals surface area contributed by atoms with Crippen molar-refractivity contribution in [3.63, 3.8) is 0 Å². The molecule has 0 bridgehead atoms. The monoisotopic (exact) mass is 278 g/mol. The average Bonchev–Trinajstić information content (AvgIpc) is 2.46. The van der Waals surface area contributed by atoms with E-state index in [1.807, 2.05) is 13.0 Å². The van der Waals surface area contributed by atoms with Gasteiger partial charge in [0.1, 0.15) is 5.82 Å². The van der Waals surface area contributed by atoms with Gasteiger partial charge < -0.3 is 10.0 Å². The molecule has 0 saturated heterocycles. The molecule has 1 rings (SSSR count). The Hall–Kier alpha value is -1.93. The molecular weight excluding hydrogens is 259 g/mol. The normalized spacial score (nSPS) is 10.1. The van der Waals surface area contributed by atoms with Gasteiger partial charge in [0.2, 0.25) is 5.91 Å². The minimum Gasteiger partial charge on any atom is -0.396 e. The first kappa shape index (κ1) is 16.1. The molecule has 0 aliphatic carbocycles. The van der Waals surface area contributed by atoms with Crippen LogP contribution in [0.25, 0.3) is 0 Å². The minimum atomic E-state index is -0.467. The van der Waals surface area contributed by atoms with Gasteiger partial charge in [-0.05, 0) is 31.9 Å². The van der Waals surface area contributed by atoms with Gasteiger partial charge in [-0.25, -0.2) is 4.39 Å². The van der Waals surface area contributed by atoms with Crippen LogP contribution in [0.15, 0.2) is 18.2 Å². The maximum atomic E-state index is 13.8. The van der Waals surface area contributed by atoms with Crippen LogP contribution < -0.4 is 0 Å². The van der Waals surface area contributed by atoms with Crippen LogP contribution in [0.5, 0.6) is 0 Å². The highest BCUT2D eigenvalue weighted by Crippen LogP contribution is 2.13. The molecule has 0 atom stereocenters. The largest absolute Gasteiger partial charge is 0.396 e. The van der Waals surface area contributed by atoms with Gasteiger partial charge in [-0.15, -0.1) is 0 Å². The van der Waals surface area contributed by atoms with Crippen LogP contribution in [-0.2, 0) is 11.3 Å². The molecule has 1 amide bonds. The fourth-order valence-corrected chi connectivity index (χ4v) is 1.87. The van der Waals surface area contributed by atoms with E-state index in [2.05, 4.69) is 0 Å². The number of rotatable bonds is 7. The third kappa shape index (κ3) is 4.63. The number of unbranched alkanes of at least 4 members (excludes halogenated alkanes) is 1. The van der Waals surface area contributed by atoms with Crippen LogP contribution >= 0.6 is 0 Å². The number of hydrogen-bond donors (Lipinski definition) is 1. The van der Waals surface area contributed by atoms with Crippen molar-refractivity contribution in [2.24, 2.45) is 0 Å². The Bertz CT molecular complexity index is 497. The number of hydrogen-bond acceptors (Lipinski definition) is 3. The Kier molecular flexibility index (Phi) is 6.68. The molecule has 0 spiro atoms. The minimum absolute atomic E-state index is 0.0512. The lowest BCUT2D eigenvalue weighted by Gasteiger charge is -2.21. The molecule has 0 aliphatic heterocycles. The highest BCUT2D eigenvalue weighted by Gasteiger charge is 2.14. The predicted octanol–water partition coefficient (Wildman–Crippen LogP) is 2.21. The number of nitriles is 1. The van der Waals surface area contributed by atoms with Gasteiger partial charge in [0.05, 0.1) is 11.6 Å². The first-order valence-electron chi connectivity index (χ1n) is 6.69. The second-order valence-electron chi connectivity index (χ2n) is 4.51. The Morgan fingerprint density at radius 1 is 1.45 bits per heavy atom. The lowest BCUT2D eigenvalue weighted by molar-refractivity contribution is -0.131. The van der Waals surface area contributed by atoms with Crippen molar-refractivity contribution in [1.29, 1.82) is 5.26 Å². The zero-order chi connectivity index (χ0) is 15.0. The molecule has 5 heteroatoms. The summed E-state index contributed by atoms with van der Waals surface area (Å²) >= 11 is 0. The van der Waals surface area contributed by atoms with Gasteiger partial charge in [-0.2, -0.15) is 5.26 Å². The number of carbonyl (C=O) groups excluding carboxylic acids is 1. The van der Waals surface area contributed by atoms with Crippen molar-refractivity contribution < 1.29 is 14.3 Å². The van der Waals surface area contributed by atoms with Crippen LogP contribution in [-0.4, -0.2) is 29.1 Å². The molecule has 0 radical (unpaired) electrons. The van der Waals surface area contributed by atoms with Crippen LogP contribution in [0, 0.1) is 17.1 Å². The maximum Gasteiger partial charge on any atom is 0.222 e. The molecule has 20 heavy (non-hydrogen) atoms. The summed E-state index contributed by atoms with van der Waals surface area (Å²) in [6.07, 6.45) is 1.57. The van der Waals surface area contributed by atoms with Crippen molar-refractivity contribution in [1.82, 2.24) is 4.90 Å². The van der Waals surface area contributed by atoms with Crippen LogP contribution in [0.4, 0.5) is 4.39 Å². The van der Waals surface area contributed by atoms with E-state index >= 15 is 0 Å². The molecule has 1 N–H and O–H groups in total. The van der Waals surface area contributed by atoms with Crippen molar-refractivity contribution in [2.75, 3.05) is 13.2 Å². The van der Waals surface area contributed by atoms with Gasteiger partial charge in [0.15, 0.2) is 0 Å². The number of carbonyl (C=O) groups is 1. The molecule has 0 aromatic heterocycles. The van der Waals surface area contributed by atoms with E-state index < -0.39 is 5.82 Å². The van der Waals surface area contributed by atoms with Crippen molar-refractivity contribution in [3.05, 3.63) is 35.1 Å². The van der Waals surface area contributed by atoms with E-state index in [1.165, 1.54) is 12.1 Å². The molecule has 0 saturated carbocycles. The lowest BCUT2D eigenvalue weighted by atomic mass is 10.1. The Balaban J connectivity index is 2.68. The fraction of sp³-hybridized carbons (Fsp3) is 0.467. The molecule has 0 heterocycles. The molecule has 1 aromatic rings. The highest BCUT2D eigenvalue weighted by atomic mass is 19.1. The van der Waals surface area contributed by atoms with Gasteiger partial charge in [-0.1, -0.05) is 6.07 Å². The number of benzene rings is 1. The molecular formula is C15H19FN2O2. The van der Waals surface area contributed by atoms with E-state index in [4.69, 9.17) is 10.4 Å². The van der Waals surface area contributed by atoms with Crippen LogP contribution in [0.3, 0.4) is 0 Å². The third-order valence-corrected chi connectivity index (χ3v) is 3.08. The first-order chi connectivity index (χ1) is 9.62. The fourth-order valence-electron chi connectivity index (χ4n) is 1.87. The lowest BCUT2D eigenvalue weighted by Crippen LogP contribution is -2.30. The standard InChI is InChI=1S/C15H19FN2O2/c1-2-18(15(20)5-3-4-8-19)11-13-7-6-12(10-17)9-14(13)16/h6-7,9,19H,2-5,8,11H2,1H3. The van der Waals surface area contributed by atoms with Crippen molar-refractivity contribution in [3.8, 4) is 6.07 Å². The summed E-state index contributed by atoms with van der Waals surface area (Å²) in [7, 11) is 0. The molecule has 108 valence electrons. The molecule has 1 aromatic carbocycles. The summed E-state index contributed by atoms with van der Waals surface area (Å²) in [6, 6.07) is 6.14. The highest BCUT2D eigenvalue weighted by molar-refractivity contribution is 5.76.